The van der Waals surface area contributed by atoms with Gasteiger partial charge in [-0.15, -0.1) is 0 Å². The molecule has 0 bridgehead atoms. The Labute approximate surface area is 285 Å². The lowest BCUT2D eigenvalue weighted by molar-refractivity contribution is 0.670. The highest BCUT2D eigenvalue weighted by Gasteiger charge is 2.13. The highest BCUT2D eigenvalue weighted by atomic mass is 16.3. The zero-order chi connectivity index (χ0) is 51.0. The fourth-order valence-electron chi connectivity index (χ4n) is 4.94. The molecule has 200 valence electrons. The molecule has 0 aliphatic carbocycles. The fraction of sp³-hybridized carbons (Fsp3) is 0. The van der Waals surface area contributed by atoms with Gasteiger partial charge in [-0.1, -0.05) is 139 Å². The molecule has 43 heavy (non-hydrogen) atoms. The normalized spacial score (nSPS) is 20.2. The number of fused-ring (bicyclic) bond motifs is 9. The van der Waals surface area contributed by atoms with Gasteiger partial charge in [0.2, 0.25) is 0 Å². The summed E-state index contributed by atoms with van der Waals surface area (Å²) in [5.41, 5.74) is -5.76. The van der Waals surface area contributed by atoms with E-state index in [1.807, 2.05) is 0 Å². The van der Waals surface area contributed by atoms with Crippen LogP contribution in [0.25, 0.3) is 87.6 Å². The van der Waals surface area contributed by atoms with Crippen molar-refractivity contribution in [2.45, 2.75) is 0 Å². The molecule has 0 aliphatic rings. The molecule has 0 radical (unpaired) electrons. The van der Waals surface area contributed by atoms with Crippen LogP contribution in [0.1, 0.15) is 35.6 Å². The van der Waals surface area contributed by atoms with Gasteiger partial charge in [-0.05, 0) is 78.3 Å². The van der Waals surface area contributed by atoms with E-state index in [0.717, 1.165) is 0 Å². The van der Waals surface area contributed by atoms with Gasteiger partial charge in [0.15, 0.2) is 0 Å². The van der Waals surface area contributed by atoms with Crippen LogP contribution in [0.4, 0.5) is 0 Å². The average Bonchev–Trinajstić information content (AvgIpc) is 3.72. The molecule has 0 amide bonds. The summed E-state index contributed by atoms with van der Waals surface area (Å²) in [5, 5.41) is -3.78. The largest absolute Gasteiger partial charge is 0.455 e. The Morgan fingerprint density at radius 1 is 0.326 bits per heavy atom. The van der Waals surface area contributed by atoms with Gasteiger partial charge < -0.3 is 4.42 Å². The van der Waals surface area contributed by atoms with E-state index in [1.54, 1.807) is 0 Å². The molecule has 9 rings (SSSR count). The predicted octanol–water partition coefficient (Wildman–Crippen LogP) is 12.0. The van der Waals surface area contributed by atoms with Crippen molar-refractivity contribution >= 4 is 54.3 Å². The Bertz CT molecular complexity index is 3890. The van der Waals surface area contributed by atoms with Gasteiger partial charge in [0.05, 0.1) is 35.6 Å². The molecule has 0 saturated heterocycles. The minimum atomic E-state index is -1.04. The highest BCUT2D eigenvalue weighted by molar-refractivity contribution is 6.25. The lowest BCUT2D eigenvalue weighted by atomic mass is 9.91. The van der Waals surface area contributed by atoms with E-state index in [4.69, 9.17) is 29.1 Å². The number of benzene rings is 8. The number of hydrogen-bond acceptors (Lipinski definition) is 1. The quantitative estimate of drug-likeness (QED) is 0.192. The van der Waals surface area contributed by atoms with Crippen LogP contribution < -0.4 is 0 Å². The summed E-state index contributed by atoms with van der Waals surface area (Å²) >= 11 is 0. The zero-order valence-corrected chi connectivity index (χ0v) is 21.4. The minimum absolute atomic E-state index is 0.357. The lowest BCUT2D eigenvalue weighted by Crippen LogP contribution is -1.86. The van der Waals surface area contributed by atoms with Crippen molar-refractivity contribution in [1.82, 2.24) is 0 Å². The lowest BCUT2D eigenvalue weighted by Gasteiger charge is -2.12. The number of furan rings is 1. The maximum atomic E-state index is 9.60. The monoisotopic (exact) mass is 572 g/mol. The second-order valence-corrected chi connectivity index (χ2v) is 9.26. The van der Waals surface area contributed by atoms with E-state index in [1.165, 1.54) is 0 Å². The van der Waals surface area contributed by atoms with Gasteiger partial charge >= 0.3 is 0 Å². The van der Waals surface area contributed by atoms with Gasteiger partial charge in [0.1, 0.15) is 11.2 Å². The molecule has 0 atom stereocenters. The van der Waals surface area contributed by atoms with Gasteiger partial charge in [-0.25, -0.2) is 0 Å². The van der Waals surface area contributed by atoms with Crippen LogP contribution in [0.2, 0.25) is 0 Å². The number of rotatable bonds is 3. The van der Waals surface area contributed by atoms with Crippen molar-refractivity contribution in [3.63, 3.8) is 0 Å². The molecule has 8 aromatic carbocycles. The van der Waals surface area contributed by atoms with E-state index in [2.05, 4.69) is 0 Å². The first kappa shape index (κ1) is 9.69. The van der Waals surface area contributed by atoms with Crippen molar-refractivity contribution in [1.29, 1.82) is 0 Å². The molecule has 1 heterocycles. The smallest absolute Gasteiger partial charge is 0.143 e. The topological polar surface area (TPSA) is 13.1 Å². The summed E-state index contributed by atoms with van der Waals surface area (Å²) in [6.07, 6.45) is 0. The standard InChI is InChI=1S/C42H26O/c1-2-13-35-33(11-1)34-12-3-4-14-36(34)40-26-31(23-24-37(35)40)30-10-7-9-29(25-30)27-19-21-28(22-20-27)32-16-8-17-39-38-15-5-6-18-41(38)43-42(32)39/h1-26H/i1D,2D,3D,4D,5D,6D,7D,8D,9D,10D,11D,12D,13D,14D,15D,16D,17D,18D,19D,20D,21D,22D,23D,24D,25D,26D. The molecular weight excluding hydrogens is 520 g/mol. The number of para-hydroxylation sites is 2. The third-order valence-electron chi connectivity index (χ3n) is 6.87. The van der Waals surface area contributed by atoms with Crippen LogP contribution in [0, 0.1) is 0 Å². The van der Waals surface area contributed by atoms with Crippen LogP contribution in [0.5, 0.6) is 0 Å². The second kappa shape index (κ2) is 9.44. The SMILES string of the molecule is [2H]c1c([2H])c(-c2c([2H])c([2H])c(-c3c([2H])c([2H])c([2H])c4c3oc3c([2H])c([2H])c([2H])c([2H])c34)c([2H])c2[2H])c([2H])c(-c2c([2H])c([2H])c3c4c([2H])c([2H])c([2H])c([2H])c4c4c([2H])c([2H])c([2H])c([2H])c4c3c2[2H])c1[2H]. The van der Waals surface area contributed by atoms with Crippen molar-refractivity contribution in [3.8, 4) is 33.4 Å². The first-order valence-corrected chi connectivity index (χ1v) is 12.7. The molecule has 0 unspecified atom stereocenters. The Morgan fingerprint density at radius 2 is 0.814 bits per heavy atom. The van der Waals surface area contributed by atoms with Crippen LogP contribution >= 0.6 is 0 Å². The van der Waals surface area contributed by atoms with Crippen LogP contribution in [-0.2, 0) is 0 Å². The predicted molar refractivity (Wildman–Crippen MR) is 183 cm³/mol. The summed E-state index contributed by atoms with van der Waals surface area (Å²) in [6.45, 7) is 0. The van der Waals surface area contributed by atoms with E-state index in [-0.39, 0.29) is 5.39 Å². The third kappa shape index (κ3) is 3.79. The molecule has 0 fully saturated rings. The molecule has 1 aromatic heterocycles. The highest BCUT2D eigenvalue weighted by Crippen LogP contribution is 2.39. The van der Waals surface area contributed by atoms with Gasteiger partial charge in [-0.3, -0.25) is 0 Å². The molecule has 0 saturated carbocycles. The Kier molecular flexibility index (Phi) is 2.13. The van der Waals surface area contributed by atoms with Crippen LogP contribution in [-0.4, -0.2) is 0 Å². The van der Waals surface area contributed by atoms with Crippen molar-refractivity contribution in [2.75, 3.05) is 0 Å². The average molecular weight is 573 g/mol. The molecule has 0 aliphatic heterocycles. The van der Waals surface area contributed by atoms with Gasteiger partial charge in [-0.2, -0.15) is 0 Å². The Morgan fingerprint density at radius 3 is 1.53 bits per heavy atom. The summed E-state index contributed by atoms with van der Waals surface area (Å²) in [6, 6.07) is -22.6. The Balaban J connectivity index is 1.41. The summed E-state index contributed by atoms with van der Waals surface area (Å²) in [7, 11) is 0. The van der Waals surface area contributed by atoms with E-state index < -0.39 is 239 Å². The maximum Gasteiger partial charge on any atom is 0.143 e. The molecule has 9 aromatic rings. The van der Waals surface area contributed by atoms with Crippen molar-refractivity contribution in [2.24, 2.45) is 0 Å². The summed E-state index contributed by atoms with van der Waals surface area (Å²) in [5.74, 6) is 0. The van der Waals surface area contributed by atoms with Crippen molar-refractivity contribution in [3.05, 3.63) is 157 Å². The first-order valence-electron chi connectivity index (χ1n) is 25.7. The van der Waals surface area contributed by atoms with Crippen molar-refractivity contribution < 1.29 is 40.1 Å². The molecule has 1 heteroatoms. The summed E-state index contributed by atoms with van der Waals surface area (Å²) in [4.78, 5) is 0. The van der Waals surface area contributed by atoms with Gasteiger partial charge in [0, 0.05) is 16.3 Å². The first-order chi connectivity index (χ1) is 32.2. The zero-order valence-electron chi connectivity index (χ0n) is 47.4. The molecule has 1 nitrogen and oxygen atoms in total. The van der Waals surface area contributed by atoms with E-state index in [9.17, 15) is 11.0 Å². The molecule has 0 spiro atoms. The van der Waals surface area contributed by atoms with Gasteiger partial charge in [0.25, 0.3) is 0 Å². The van der Waals surface area contributed by atoms with Crippen LogP contribution in [0.3, 0.4) is 0 Å². The third-order valence-corrected chi connectivity index (χ3v) is 6.87. The number of hydrogen-bond donors (Lipinski definition) is 0. The summed E-state index contributed by atoms with van der Waals surface area (Å²) < 4.78 is 236. The maximum absolute atomic E-state index is 9.60. The van der Waals surface area contributed by atoms with Crippen LogP contribution in [0.15, 0.2) is 162 Å². The Hall–Kier alpha value is -5.66. The minimum Gasteiger partial charge on any atom is -0.455 e. The van der Waals surface area contributed by atoms with E-state index in [0.29, 0.717) is 0 Å². The molecular formula is C42H26O. The molecule has 0 N–H and O–H groups in total. The van der Waals surface area contributed by atoms with E-state index >= 15 is 0 Å². The second-order valence-electron chi connectivity index (χ2n) is 9.26. The fourth-order valence-corrected chi connectivity index (χ4v) is 4.94.